The number of hydrogen-bond donors (Lipinski definition) is 1. The fraction of sp³-hybridized carbons (Fsp3) is 0.200. The number of anilines is 1. The molecule has 1 N–H and O–H groups in total. The number of carbonyl (C=O) groups is 1. The van der Waals surface area contributed by atoms with E-state index in [9.17, 15) is 4.79 Å². The summed E-state index contributed by atoms with van der Waals surface area (Å²) in [7, 11) is 1.64. The molecule has 0 radical (unpaired) electrons. The SMILES string of the molecule is COc1cccc(CCC(=O)Nc2nc3ccc(-c4cc(C)cc(C)c4)cc3s2)c1. The van der Waals surface area contributed by atoms with Crippen molar-refractivity contribution >= 4 is 32.6 Å². The molecule has 1 amide bonds. The first-order valence-electron chi connectivity index (χ1n) is 9.92. The first-order chi connectivity index (χ1) is 14.5. The van der Waals surface area contributed by atoms with E-state index in [0.29, 0.717) is 18.0 Å². The number of fused-ring (bicyclic) bond motifs is 1. The van der Waals surface area contributed by atoms with Gasteiger partial charge in [0.1, 0.15) is 5.75 Å². The molecule has 0 saturated carbocycles. The van der Waals surface area contributed by atoms with Crippen molar-refractivity contribution < 1.29 is 9.53 Å². The van der Waals surface area contributed by atoms with Crippen LogP contribution in [0.3, 0.4) is 0 Å². The number of benzene rings is 3. The van der Waals surface area contributed by atoms with E-state index in [-0.39, 0.29) is 5.91 Å². The second kappa shape index (κ2) is 8.67. The third kappa shape index (κ3) is 4.69. The topological polar surface area (TPSA) is 51.2 Å². The van der Waals surface area contributed by atoms with Crippen LogP contribution in [0, 0.1) is 13.8 Å². The van der Waals surface area contributed by atoms with Gasteiger partial charge in [-0.15, -0.1) is 0 Å². The summed E-state index contributed by atoms with van der Waals surface area (Å²) < 4.78 is 6.30. The Balaban J connectivity index is 1.46. The lowest BCUT2D eigenvalue weighted by Gasteiger charge is -2.05. The Hall–Kier alpha value is -3.18. The van der Waals surface area contributed by atoms with Gasteiger partial charge in [0.25, 0.3) is 0 Å². The van der Waals surface area contributed by atoms with E-state index in [1.165, 1.54) is 28.0 Å². The molecule has 0 aliphatic heterocycles. The second-order valence-electron chi connectivity index (χ2n) is 7.48. The Kier molecular flexibility index (Phi) is 5.81. The maximum Gasteiger partial charge on any atom is 0.226 e. The van der Waals surface area contributed by atoms with E-state index in [4.69, 9.17) is 4.74 Å². The Bertz CT molecular complexity index is 1190. The number of thiazole rings is 1. The van der Waals surface area contributed by atoms with Crippen LogP contribution in [0.25, 0.3) is 21.3 Å². The predicted molar refractivity (Wildman–Crippen MR) is 124 cm³/mol. The molecule has 5 heteroatoms. The van der Waals surface area contributed by atoms with Gasteiger partial charge in [-0.25, -0.2) is 4.98 Å². The van der Waals surface area contributed by atoms with Crippen molar-refractivity contribution in [2.75, 3.05) is 12.4 Å². The first-order valence-corrected chi connectivity index (χ1v) is 10.7. The smallest absolute Gasteiger partial charge is 0.226 e. The largest absolute Gasteiger partial charge is 0.497 e. The number of carbonyl (C=O) groups excluding carboxylic acids is 1. The van der Waals surface area contributed by atoms with Crippen molar-refractivity contribution in [3.63, 3.8) is 0 Å². The van der Waals surface area contributed by atoms with Gasteiger partial charge < -0.3 is 10.1 Å². The van der Waals surface area contributed by atoms with Crippen molar-refractivity contribution in [2.45, 2.75) is 26.7 Å². The van der Waals surface area contributed by atoms with Gasteiger partial charge >= 0.3 is 0 Å². The molecule has 0 spiro atoms. The number of methoxy groups -OCH3 is 1. The van der Waals surface area contributed by atoms with Crippen LogP contribution in [0.15, 0.2) is 60.7 Å². The van der Waals surface area contributed by atoms with Crippen molar-refractivity contribution in [1.29, 1.82) is 0 Å². The fourth-order valence-electron chi connectivity index (χ4n) is 3.57. The zero-order chi connectivity index (χ0) is 21.1. The minimum absolute atomic E-state index is 0.0357. The van der Waals surface area contributed by atoms with Gasteiger partial charge in [-0.3, -0.25) is 4.79 Å². The Morgan fingerprint density at radius 3 is 2.57 bits per heavy atom. The third-order valence-electron chi connectivity index (χ3n) is 4.96. The molecule has 152 valence electrons. The summed E-state index contributed by atoms with van der Waals surface area (Å²) in [4.78, 5) is 17.0. The number of aromatic nitrogens is 1. The average Bonchev–Trinajstić information content (AvgIpc) is 3.13. The monoisotopic (exact) mass is 416 g/mol. The summed E-state index contributed by atoms with van der Waals surface area (Å²) in [5.74, 6) is 0.769. The van der Waals surface area contributed by atoms with Gasteiger partial charge in [0.05, 0.1) is 17.3 Å². The van der Waals surface area contributed by atoms with E-state index in [2.05, 4.69) is 54.5 Å². The highest BCUT2D eigenvalue weighted by Gasteiger charge is 2.10. The summed E-state index contributed by atoms with van der Waals surface area (Å²) in [6.07, 6.45) is 1.06. The number of hydrogen-bond acceptors (Lipinski definition) is 4. The van der Waals surface area contributed by atoms with Crippen molar-refractivity contribution in [2.24, 2.45) is 0 Å². The van der Waals surface area contributed by atoms with E-state index in [1.54, 1.807) is 7.11 Å². The van der Waals surface area contributed by atoms with Gasteiger partial charge in [0.15, 0.2) is 5.13 Å². The number of nitrogens with zero attached hydrogens (tertiary/aromatic N) is 1. The zero-order valence-electron chi connectivity index (χ0n) is 17.4. The minimum Gasteiger partial charge on any atom is -0.497 e. The van der Waals surface area contributed by atoms with E-state index < -0.39 is 0 Å². The molecule has 1 heterocycles. The normalized spacial score (nSPS) is 10.9. The second-order valence-corrected chi connectivity index (χ2v) is 8.51. The Morgan fingerprint density at radius 1 is 1.00 bits per heavy atom. The molecule has 4 rings (SSSR count). The van der Waals surface area contributed by atoms with Crippen LogP contribution in [-0.2, 0) is 11.2 Å². The molecule has 30 heavy (non-hydrogen) atoms. The quantitative estimate of drug-likeness (QED) is 0.409. The highest BCUT2D eigenvalue weighted by Crippen LogP contribution is 2.31. The highest BCUT2D eigenvalue weighted by molar-refractivity contribution is 7.22. The van der Waals surface area contributed by atoms with Crippen molar-refractivity contribution in [3.05, 3.63) is 77.4 Å². The number of rotatable bonds is 6. The van der Waals surface area contributed by atoms with Crippen LogP contribution in [0.2, 0.25) is 0 Å². The number of amides is 1. The van der Waals surface area contributed by atoms with E-state index in [0.717, 1.165) is 27.1 Å². The van der Waals surface area contributed by atoms with Gasteiger partial charge in [0.2, 0.25) is 5.91 Å². The highest BCUT2D eigenvalue weighted by atomic mass is 32.1. The van der Waals surface area contributed by atoms with Crippen LogP contribution < -0.4 is 10.1 Å². The van der Waals surface area contributed by atoms with Crippen LogP contribution in [0.1, 0.15) is 23.1 Å². The fourth-order valence-corrected chi connectivity index (χ4v) is 4.49. The van der Waals surface area contributed by atoms with Crippen LogP contribution in [-0.4, -0.2) is 18.0 Å². The lowest BCUT2D eigenvalue weighted by Crippen LogP contribution is -2.12. The number of ether oxygens (including phenoxy) is 1. The van der Waals surface area contributed by atoms with Crippen LogP contribution >= 0.6 is 11.3 Å². The van der Waals surface area contributed by atoms with Crippen LogP contribution in [0.5, 0.6) is 5.75 Å². The zero-order valence-corrected chi connectivity index (χ0v) is 18.2. The lowest BCUT2D eigenvalue weighted by molar-refractivity contribution is -0.116. The van der Waals surface area contributed by atoms with Gasteiger partial charge in [-0.05, 0) is 61.2 Å². The van der Waals surface area contributed by atoms with Crippen molar-refractivity contribution in [1.82, 2.24) is 4.98 Å². The molecule has 0 aliphatic carbocycles. The molecule has 0 unspecified atom stereocenters. The number of nitrogens with one attached hydrogen (secondary N) is 1. The molecule has 3 aromatic carbocycles. The summed E-state index contributed by atoms with van der Waals surface area (Å²) in [6, 6.07) is 20.6. The van der Waals surface area contributed by atoms with Crippen LogP contribution in [0.4, 0.5) is 5.13 Å². The molecular formula is C25H24N2O2S. The summed E-state index contributed by atoms with van der Waals surface area (Å²) in [5.41, 5.74) is 6.83. The molecule has 0 bridgehead atoms. The predicted octanol–water partition coefficient (Wildman–Crippen LogP) is 6.16. The molecular weight excluding hydrogens is 392 g/mol. The molecule has 1 aromatic heterocycles. The maximum atomic E-state index is 12.4. The standard InChI is InChI=1S/C25H24N2O2S/c1-16-11-17(2)13-20(12-16)19-8-9-22-23(15-19)30-25(26-22)27-24(28)10-7-18-5-4-6-21(14-18)29-3/h4-6,8-9,11-15H,7,10H2,1-3H3,(H,26,27,28). The lowest BCUT2D eigenvalue weighted by atomic mass is 10.0. The van der Waals surface area contributed by atoms with Crippen molar-refractivity contribution in [3.8, 4) is 16.9 Å². The Labute approximate surface area is 180 Å². The molecule has 4 aromatic rings. The van der Waals surface area contributed by atoms with Gasteiger partial charge in [-0.1, -0.05) is 58.9 Å². The van der Waals surface area contributed by atoms with E-state index >= 15 is 0 Å². The molecule has 0 saturated heterocycles. The van der Waals surface area contributed by atoms with Gasteiger partial charge in [0, 0.05) is 6.42 Å². The number of aryl methyl sites for hydroxylation is 3. The maximum absolute atomic E-state index is 12.4. The molecule has 4 nitrogen and oxygen atoms in total. The average molecular weight is 417 g/mol. The minimum atomic E-state index is -0.0357. The summed E-state index contributed by atoms with van der Waals surface area (Å²) in [5, 5.41) is 3.58. The first kappa shape index (κ1) is 20.1. The summed E-state index contributed by atoms with van der Waals surface area (Å²) in [6.45, 7) is 4.22. The molecule has 0 fully saturated rings. The van der Waals surface area contributed by atoms with E-state index in [1.807, 2.05) is 30.3 Å². The summed E-state index contributed by atoms with van der Waals surface area (Å²) >= 11 is 1.51. The Morgan fingerprint density at radius 2 is 1.80 bits per heavy atom. The third-order valence-corrected chi connectivity index (χ3v) is 5.90. The van der Waals surface area contributed by atoms with Gasteiger partial charge in [-0.2, -0.15) is 0 Å². The molecule has 0 aliphatic rings. The molecule has 0 atom stereocenters.